The van der Waals surface area contributed by atoms with Crippen LogP contribution >= 0.6 is 0 Å². The number of nitrogens with one attached hydrogen (secondary N) is 1. The number of aliphatic hydroxyl groups excluding tert-OH is 1. The molecule has 2 aliphatic carbocycles. The first-order valence-electron chi connectivity index (χ1n) is 7.85. The van der Waals surface area contributed by atoms with Crippen LogP contribution in [0.5, 0.6) is 0 Å². The molecule has 0 aliphatic heterocycles. The maximum absolute atomic E-state index is 9.76. The van der Waals surface area contributed by atoms with E-state index < -0.39 is 0 Å². The van der Waals surface area contributed by atoms with Gasteiger partial charge in [-0.3, -0.25) is 0 Å². The van der Waals surface area contributed by atoms with Gasteiger partial charge in [-0.2, -0.15) is 0 Å². The second-order valence-electron chi connectivity index (χ2n) is 6.24. The zero-order valence-corrected chi connectivity index (χ0v) is 12.1. The molecule has 18 heavy (non-hydrogen) atoms. The molecule has 2 fully saturated rings. The minimum atomic E-state index is 0.0332. The first kappa shape index (κ1) is 14.3. The van der Waals surface area contributed by atoms with Crippen molar-refractivity contribution in [3.05, 3.63) is 0 Å². The van der Waals surface area contributed by atoms with Crippen molar-refractivity contribution >= 4 is 0 Å². The van der Waals surface area contributed by atoms with Gasteiger partial charge in [0.1, 0.15) is 0 Å². The highest BCUT2D eigenvalue weighted by Gasteiger charge is 2.43. The molecule has 0 bridgehead atoms. The summed E-state index contributed by atoms with van der Waals surface area (Å²) >= 11 is 0. The van der Waals surface area contributed by atoms with Gasteiger partial charge in [0, 0.05) is 17.6 Å². The Morgan fingerprint density at radius 1 is 1.28 bits per heavy atom. The van der Waals surface area contributed by atoms with Gasteiger partial charge in [0.15, 0.2) is 0 Å². The summed E-state index contributed by atoms with van der Waals surface area (Å²) in [6, 6.07) is 1.38. The van der Waals surface area contributed by atoms with Gasteiger partial charge in [0.25, 0.3) is 0 Å². The minimum Gasteiger partial charge on any atom is -0.394 e. The van der Waals surface area contributed by atoms with E-state index in [9.17, 15) is 5.11 Å². The fourth-order valence-electron chi connectivity index (χ4n) is 3.35. The summed E-state index contributed by atoms with van der Waals surface area (Å²) in [7, 11) is 0. The van der Waals surface area contributed by atoms with E-state index in [2.05, 4.69) is 24.1 Å². The van der Waals surface area contributed by atoms with E-state index in [0.29, 0.717) is 18.7 Å². The number of hydrogen-bond donors (Lipinski definition) is 2. The Bertz CT molecular complexity index is 255. The van der Waals surface area contributed by atoms with Crippen LogP contribution < -0.4 is 5.32 Å². The molecule has 2 saturated carbocycles. The van der Waals surface area contributed by atoms with E-state index in [1.54, 1.807) is 0 Å². The quantitative estimate of drug-likeness (QED) is 0.696. The second-order valence-corrected chi connectivity index (χ2v) is 6.24. The molecule has 2 rings (SSSR count). The minimum absolute atomic E-state index is 0.0332. The van der Waals surface area contributed by atoms with Crippen LogP contribution in [0.2, 0.25) is 0 Å². The van der Waals surface area contributed by atoms with Crippen molar-refractivity contribution in [2.45, 2.75) is 76.4 Å². The van der Waals surface area contributed by atoms with Crippen LogP contribution in [0.25, 0.3) is 0 Å². The molecule has 0 radical (unpaired) electrons. The molecule has 0 aromatic heterocycles. The summed E-state index contributed by atoms with van der Waals surface area (Å²) in [6.45, 7) is 7.21. The van der Waals surface area contributed by atoms with Crippen molar-refractivity contribution in [3.8, 4) is 0 Å². The molecule has 2 N–H and O–H groups in total. The lowest BCUT2D eigenvalue weighted by Crippen LogP contribution is -2.49. The molecule has 106 valence electrons. The van der Waals surface area contributed by atoms with Crippen LogP contribution in [0, 0.1) is 0 Å². The Morgan fingerprint density at radius 2 is 2.06 bits per heavy atom. The standard InChI is InChI=1S/C15H30N2O/c1-3-5-10-17(4-2)14-8-9-15(11-14,12-18)16-13-6-7-13/h13-14,16,18H,3-12H2,1-2H3. The first-order valence-corrected chi connectivity index (χ1v) is 7.85. The predicted molar refractivity (Wildman–Crippen MR) is 75.8 cm³/mol. The number of rotatable bonds is 8. The van der Waals surface area contributed by atoms with Crippen LogP contribution in [0.15, 0.2) is 0 Å². The van der Waals surface area contributed by atoms with E-state index >= 15 is 0 Å². The third kappa shape index (κ3) is 3.46. The highest BCUT2D eigenvalue weighted by molar-refractivity contribution is 5.03. The average Bonchev–Trinajstić information content (AvgIpc) is 3.09. The molecular weight excluding hydrogens is 224 g/mol. The van der Waals surface area contributed by atoms with Gasteiger partial charge in [-0.05, 0) is 51.6 Å². The van der Waals surface area contributed by atoms with Crippen molar-refractivity contribution < 1.29 is 5.11 Å². The first-order chi connectivity index (χ1) is 8.73. The lowest BCUT2D eigenvalue weighted by molar-refractivity contribution is 0.142. The topological polar surface area (TPSA) is 35.5 Å². The van der Waals surface area contributed by atoms with Gasteiger partial charge in [-0.25, -0.2) is 0 Å². The van der Waals surface area contributed by atoms with Crippen LogP contribution in [0.1, 0.15) is 58.8 Å². The van der Waals surface area contributed by atoms with Crippen molar-refractivity contribution in [2.24, 2.45) is 0 Å². The summed E-state index contributed by atoms with van der Waals surface area (Å²) in [5.41, 5.74) is 0.0332. The fraction of sp³-hybridized carbons (Fsp3) is 1.00. The molecule has 0 heterocycles. The highest BCUT2D eigenvalue weighted by Crippen LogP contribution is 2.36. The number of unbranched alkanes of at least 4 members (excludes halogenated alkanes) is 1. The van der Waals surface area contributed by atoms with Crippen molar-refractivity contribution in [1.29, 1.82) is 0 Å². The van der Waals surface area contributed by atoms with Gasteiger partial charge in [-0.15, -0.1) is 0 Å². The molecule has 3 nitrogen and oxygen atoms in total. The smallest absolute Gasteiger partial charge is 0.0614 e. The Morgan fingerprint density at radius 3 is 2.61 bits per heavy atom. The molecule has 0 aromatic rings. The maximum Gasteiger partial charge on any atom is 0.0614 e. The van der Waals surface area contributed by atoms with Crippen LogP contribution in [0.4, 0.5) is 0 Å². The van der Waals surface area contributed by atoms with Crippen LogP contribution in [0.3, 0.4) is 0 Å². The number of hydrogen-bond acceptors (Lipinski definition) is 3. The monoisotopic (exact) mass is 254 g/mol. The SMILES string of the molecule is CCCCN(CC)C1CCC(CO)(NC2CC2)C1. The molecule has 0 amide bonds. The Balaban J connectivity index is 1.87. The van der Waals surface area contributed by atoms with E-state index in [-0.39, 0.29) is 5.54 Å². The summed E-state index contributed by atoms with van der Waals surface area (Å²) in [4.78, 5) is 2.62. The van der Waals surface area contributed by atoms with Crippen molar-refractivity contribution in [3.63, 3.8) is 0 Å². The maximum atomic E-state index is 9.76. The summed E-state index contributed by atoms with van der Waals surface area (Å²) < 4.78 is 0. The summed E-state index contributed by atoms with van der Waals surface area (Å²) in [6.07, 6.45) is 8.71. The Kier molecular flexibility index (Phi) is 5.05. The normalized spacial score (nSPS) is 32.3. The molecular formula is C15H30N2O. The van der Waals surface area contributed by atoms with E-state index in [4.69, 9.17) is 0 Å². The molecule has 3 heteroatoms. The molecule has 2 aliphatic rings. The third-order valence-electron chi connectivity index (χ3n) is 4.69. The van der Waals surface area contributed by atoms with Crippen LogP contribution in [-0.4, -0.2) is 47.3 Å². The number of aliphatic hydroxyl groups is 1. The molecule has 2 unspecified atom stereocenters. The summed E-state index contributed by atoms with van der Waals surface area (Å²) in [5, 5.41) is 13.5. The lowest BCUT2D eigenvalue weighted by Gasteiger charge is -2.32. The van der Waals surface area contributed by atoms with Crippen molar-refractivity contribution in [2.75, 3.05) is 19.7 Å². The Labute approximate surface area is 112 Å². The lowest BCUT2D eigenvalue weighted by atomic mass is 9.98. The third-order valence-corrected chi connectivity index (χ3v) is 4.69. The predicted octanol–water partition coefficient (Wildman–Crippen LogP) is 2.14. The molecule has 0 aromatic carbocycles. The molecule has 0 saturated heterocycles. The van der Waals surface area contributed by atoms with Gasteiger partial charge in [0.2, 0.25) is 0 Å². The van der Waals surface area contributed by atoms with E-state index in [0.717, 1.165) is 19.4 Å². The highest BCUT2D eigenvalue weighted by atomic mass is 16.3. The zero-order chi connectivity index (χ0) is 13.0. The average molecular weight is 254 g/mol. The van der Waals surface area contributed by atoms with Crippen LogP contribution in [-0.2, 0) is 0 Å². The zero-order valence-electron chi connectivity index (χ0n) is 12.1. The molecule has 2 atom stereocenters. The second kappa shape index (κ2) is 6.36. The number of nitrogens with zero attached hydrogens (tertiary/aromatic N) is 1. The van der Waals surface area contributed by atoms with E-state index in [1.807, 2.05) is 0 Å². The van der Waals surface area contributed by atoms with E-state index in [1.165, 1.54) is 38.6 Å². The Hall–Kier alpha value is -0.120. The largest absolute Gasteiger partial charge is 0.394 e. The van der Waals surface area contributed by atoms with Crippen molar-refractivity contribution in [1.82, 2.24) is 10.2 Å². The van der Waals surface area contributed by atoms with Gasteiger partial charge in [0.05, 0.1) is 6.61 Å². The van der Waals surface area contributed by atoms with Gasteiger partial charge in [-0.1, -0.05) is 20.3 Å². The van der Waals surface area contributed by atoms with Gasteiger partial charge >= 0.3 is 0 Å². The fourth-order valence-corrected chi connectivity index (χ4v) is 3.35. The summed E-state index contributed by atoms with van der Waals surface area (Å²) in [5.74, 6) is 0. The van der Waals surface area contributed by atoms with Gasteiger partial charge < -0.3 is 15.3 Å². The molecule has 0 spiro atoms.